The van der Waals surface area contributed by atoms with Gasteiger partial charge in [-0.1, -0.05) is 30.3 Å². The minimum absolute atomic E-state index is 0.636. The van der Waals surface area contributed by atoms with Gasteiger partial charge in [-0.3, -0.25) is 0 Å². The molecule has 1 N–H and O–H groups in total. The lowest BCUT2D eigenvalue weighted by Gasteiger charge is -2.25. The number of hydrogen-bond donors (Lipinski definition) is 1. The predicted octanol–water partition coefficient (Wildman–Crippen LogP) is 1.30. The van der Waals surface area contributed by atoms with Gasteiger partial charge in [-0.05, 0) is 19.7 Å². The van der Waals surface area contributed by atoms with Gasteiger partial charge in [0.1, 0.15) is 0 Å². The van der Waals surface area contributed by atoms with Gasteiger partial charge in [0.25, 0.3) is 0 Å². The summed E-state index contributed by atoms with van der Waals surface area (Å²) < 4.78 is 0. The van der Waals surface area contributed by atoms with Crippen molar-refractivity contribution in [3.05, 3.63) is 35.9 Å². The summed E-state index contributed by atoms with van der Waals surface area (Å²) in [6, 6.07) is 11.4. The highest BCUT2D eigenvalue weighted by Gasteiger charge is 2.29. The van der Waals surface area contributed by atoms with Crippen LogP contribution in [-0.4, -0.2) is 38.1 Å². The lowest BCUT2D eigenvalue weighted by atomic mass is 9.94. The van der Waals surface area contributed by atoms with Crippen LogP contribution in [0.15, 0.2) is 30.3 Å². The van der Waals surface area contributed by atoms with Crippen LogP contribution in [0.1, 0.15) is 11.5 Å². The Morgan fingerprint density at radius 1 is 1.14 bits per heavy atom. The van der Waals surface area contributed by atoms with Gasteiger partial charge in [-0.2, -0.15) is 0 Å². The standard InChI is InChI=1S/C12H18N2/c1-14(2)12-9-13-8-11(12)10-6-4-3-5-7-10/h3-7,11-13H,8-9H2,1-2H3/t11-,12-/m0/s1. The van der Waals surface area contributed by atoms with E-state index in [2.05, 4.69) is 54.6 Å². The first-order valence-corrected chi connectivity index (χ1v) is 5.21. The van der Waals surface area contributed by atoms with Crippen LogP contribution in [0.5, 0.6) is 0 Å². The number of likely N-dealkylation sites (N-methyl/N-ethyl adjacent to an activating group) is 1. The van der Waals surface area contributed by atoms with E-state index in [0.717, 1.165) is 13.1 Å². The summed E-state index contributed by atoms with van der Waals surface area (Å²) in [7, 11) is 4.32. The van der Waals surface area contributed by atoms with Crippen molar-refractivity contribution in [2.75, 3.05) is 27.2 Å². The van der Waals surface area contributed by atoms with Gasteiger partial charge in [0.05, 0.1) is 0 Å². The summed E-state index contributed by atoms with van der Waals surface area (Å²) in [4.78, 5) is 2.32. The lowest BCUT2D eigenvalue weighted by molar-refractivity contribution is 0.291. The Balaban J connectivity index is 2.18. The molecule has 14 heavy (non-hydrogen) atoms. The highest BCUT2D eigenvalue weighted by molar-refractivity contribution is 5.23. The fourth-order valence-corrected chi connectivity index (χ4v) is 2.25. The van der Waals surface area contributed by atoms with Crippen LogP contribution in [0.4, 0.5) is 0 Å². The minimum Gasteiger partial charge on any atom is -0.314 e. The molecule has 1 aromatic carbocycles. The van der Waals surface area contributed by atoms with E-state index in [0.29, 0.717) is 12.0 Å². The average molecular weight is 190 g/mol. The van der Waals surface area contributed by atoms with Crippen molar-refractivity contribution in [2.45, 2.75) is 12.0 Å². The van der Waals surface area contributed by atoms with E-state index < -0.39 is 0 Å². The van der Waals surface area contributed by atoms with Crippen LogP contribution in [0, 0.1) is 0 Å². The number of nitrogens with zero attached hydrogens (tertiary/aromatic N) is 1. The molecule has 0 radical (unpaired) electrons. The second-order valence-electron chi connectivity index (χ2n) is 4.21. The van der Waals surface area contributed by atoms with Gasteiger partial charge in [-0.15, -0.1) is 0 Å². The molecule has 2 heteroatoms. The minimum atomic E-state index is 0.636. The molecule has 1 heterocycles. The first-order chi connectivity index (χ1) is 6.79. The maximum atomic E-state index is 3.46. The molecular formula is C12H18N2. The average Bonchev–Trinajstić information content (AvgIpc) is 2.67. The van der Waals surface area contributed by atoms with Crippen molar-refractivity contribution >= 4 is 0 Å². The smallest absolute Gasteiger partial charge is 0.0295 e. The molecule has 1 aliphatic heterocycles. The number of nitrogens with one attached hydrogen (secondary N) is 1. The van der Waals surface area contributed by atoms with E-state index in [1.165, 1.54) is 5.56 Å². The maximum Gasteiger partial charge on any atom is 0.0295 e. The lowest BCUT2D eigenvalue weighted by Crippen LogP contribution is -2.33. The molecule has 2 rings (SSSR count). The molecular weight excluding hydrogens is 172 g/mol. The van der Waals surface area contributed by atoms with Crippen molar-refractivity contribution in [1.82, 2.24) is 10.2 Å². The van der Waals surface area contributed by atoms with Crippen LogP contribution in [0.2, 0.25) is 0 Å². The topological polar surface area (TPSA) is 15.3 Å². The van der Waals surface area contributed by atoms with Crippen molar-refractivity contribution in [3.63, 3.8) is 0 Å². The summed E-state index contributed by atoms with van der Waals surface area (Å²) in [5.41, 5.74) is 1.45. The fraction of sp³-hybridized carbons (Fsp3) is 0.500. The maximum absolute atomic E-state index is 3.46. The SMILES string of the molecule is CN(C)[C@H]1CNC[C@H]1c1ccccc1. The Morgan fingerprint density at radius 3 is 2.50 bits per heavy atom. The van der Waals surface area contributed by atoms with Crippen LogP contribution in [-0.2, 0) is 0 Å². The zero-order chi connectivity index (χ0) is 9.97. The van der Waals surface area contributed by atoms with Crippen molar-refractivity contribution in [2.24, 2.45) is 0 Å². The van der Waals surface area contributed by atoms with Gasteiger partial charge < -0.3 is 10.2 Å². The molecule has 0 aromatic heterocycles. The molecule has 0 amide bonds. The highest BCUT2D eigenvalue weighted by atomic mass is 15.2. The first kappa shape index (κ1) is 9.69. The Kier molecular flexibility index (Phi) is 2.85. The summed E-state index contributed by atoms with van der Waals surface area (Å²) >= 11 is 0. The molecule has 2 nitrogen and oxygen atoms in total. The van der Waals surface area contributed by atoms with Gasteiger partial charge in [0.15, 0.2) is 0 Å². The monoisotopic (exact) mass is 190 g/mol. The molecule has 0 spiro atoms. The van der Waals surface area contributed by atoms with E-state index in [9.17, 15) is 0 Å². The summed E-state index contributed by atoms with van der Waals surface area (Å²) in [5, 5.41) is 3.46. The zero-order valence-electron chi connectivity index (χ0n) is 8.90. The number of benzene rings is 1. The van der Waals surface area contributed by atoms with E-state index in [-0.39, 0.29) is 0 Å². The molecule has 1 fully saturated rings. The van der Waals surface area contributed by atoms with Crippen LogP contribution in [0.25, 0.3) is 0 Å². The molecule has 0 saturated carbocycles. The third kappa shape index (κ3) is 1.81. The van der Waals surface area contributed by atoms with Crippen LogP contribution in [0.3, 0.4) is 0 Å². The Bertz CT molecular complexity index is 282. The molecule has 1 aromatic rings. The molecule has 0 aliphatic carbocycles. The quantitative estimate of drug-likeness (QED) is 0.756. The van der Waals surface area contributed by atoms with Crippen molar-refractivity contribution in [1.29, 1.82) is 0 Å². The van der Waals surface area contributed by atoms with Gasteiger partial charge >= 0.3 is 0 Å². The summed E-state index contributed by atoms with van der Waals surface area (Å²) in [5.74, 6) is 0.645. The van der Waals surface area contributed by atoms with E-state index in [4.69, 9.17) is 0 Å². The molecule has 76 valence electrons. The third-order valence-corrected chi connectivity index (χ3v) is 3.07. The Hall–Kier alpha value is -0.860. The van der Waals surface area contributed by atoms with Crippen LogP contribution < -0.4 is 5.32 Å². The fourth-order valence-electron chi connectivity index (χ4n) is 2.25. The third-order valence-electron chi connectivity index (χ3n) is 3.07. The summed E-state index contributed by atoms with van der Waals surface area (Å²) in [6.45, 7) is 2.21. The summed E-state index contributed by atoms with van der Waals surface area (Å²) in [6.07, 6.45) is 0. The Labute approximate surface area is 85.9 Å². The van der Waals surface area contributed by atoms with E-state index in [1.807, 2.05) is 0 Å². The first-order valence-electron chi connectivity index (χ1n) is 5.21. The highest BCUT2D eigenvalue weighted by Crippen LogP contribution is 2.24. The predicted molar refractivity (Wildman–Crippen MR) is 59.5 cm³/mol. The van der Waals surface area contributed by atoms with E-state index >= 15 is 0 Å². The largest absolute Gasteiger partial charge is 0.314 e. The Morgan fingerprint density at radius 2 is 1.86 bits per heavy atom. The molecule has 2 atom stereocenters. The van der Waals surface area contributed by atoms with Gasteiger partial charge in [0.2, 0.25) is 0 Å². The second-order valence-corrected chi connectivity index (χ2v) is 4.21. The van der Waals surface area contributed by atoms with Gasteiger partial charge in [-0.25, -0.2) is 0 Å². The molecule has 0 unspecified atom stereocenters. The molecule has 0 bridgehead atoms. The van der Waals surface area contributed by atoms with E-state index in [1.54, 1.807) is 0 Å². The van der Waals surface area contributed by atoms with Crippen molar-refractivity contribution in [3.8, 4) is 0 Å². The molecule has 1 aliphatic rings. The van der Waals surface area contributed by atoms with Crippen molar-refractivity contribution < 1.29 is 0 Å². The number of hydrogen-bond acceptors (Lipinski definition) is 2. The zero-order valence-corrected chi connectivity index (χ0v) is 8.90. The normalized spacial score (nSPS) is 27.1. The molecule has 1 saturated heterocycles. The van der Waals surface area contributed by atoms with Crippen LogP contribution >= 0.6 is 0 Å². The number of rotatable bonds is 2. The second kappa shape index (κ2) is 4.11. The van der Waals surface area contributed by atoms with Gasteiger partial charge in [0, 0.05) is 25.0 Å².